The predicted molar refractivity (Wildman–Crippen MR) is 204 cm³/mol. The Balaban J connectivity index is 1.02. The number of hydrogen-bond donors (Lipinski definition) is 4. The lowest BCUT2D eigenvalue weighted by Gasteiger charge is -2.45. The highest BCUT2D eigenvalue weighted by Gasteiger charge is 2.50. The van der Waals surface area contributed by atoms with Crippen LogP contribution in [0.15, 0.2) is 103 Å². The number of carboxylic acids is 1. The van der Waals surface area contributed by atoms with E-state index in [9.17, 15) is 19.5 Å². The number of nitrogens with zero attached hydrogens (tertiary/aromatic N) is 2. The molecule has 4 N–H and O–H groups in total. The van der Waals surface area contributed by atoms with Crippen molar-refractivity contribution in [2.24, 2.45) is 0 Å². The number of carbonyl (C=O) groups is 3. The highest BCUT2D eigenvalue weighted by Crippen LogP contribution is 2.40. The molecule has 0 radical (unpaired) electrons. The molecule has 1 spiro atoms. The average molecular weight is 733 g/mol. The minimum absolute atomic E-state index is 0.0190. The van der Waals surface area contributed by atoms with Crippen molar-refractivity contribution in [2.75, 3.05) is 31.2 Å². The van der Waals surface area contributed by atoms with Crippen LogP contribution < -0.4 is 15.5 Å². The van der Waals surface area contributed by atoms with Gasteiger partial charge < -0.3 is 40.1 Å². The monoisotopic (exact) mass is 732 g/mol. The molecule has 0 unspecified atom stereocenters. The van der Waals surface area contributed by atoms with Crippen molar-refractivity contribution in [3.05, 3.63) is 125 Å². The summed E-state index contributed by atoms with van der Waals surface area (Å²) in [7, 11) is 0. The van der Waals surface area contributed by atoms with Gasteiger partial charge in [0.1, 0.15) is 5.54 Å². The van der Waals surface area contributed by atoms with Gasteiger partial charge >= 0.3 is 5.97 Å². The number of aliphatic hydroxyl groups excluding tert-OH is 1. The van der Waals surface area contributed by atoms with E-state index in [1.165, 1.54) is 0 Å². The van der Waals surface area contributed by atoms with E-state index in [1.807, 2.05) is 78.9 Å². The Kier molecular flexibility index (Phi) is 11.7. The van der Waals surface area contributed by atoms with E-state index in [0.717, 1.165) is 71.5 Å². The number of amides is 2. The van der Waals surface area contributed by atoms with Crippen molar-refractivity contribution in [1.29, 1.82) is 0 Å². The molecular formula is C43H48N4O7. The van der Waals surface area contributed by atoms with Gasteiger partial charge in [0.25, 0.3) is 0 Å². The summed E-state index contributed by atoms with van der Waals surface area (Å²) in [6, 6.07) is 34.2. The molecule has 4 aromatic carbocycles. The number of aliphatic hydroxyl groups is 1. The smallest absolute Gasteiger partial charge is 0.303 e. The second-order valence-electron chi connectivity index (χ2n) is 14.5. The quantitative estimate of drug-likeness (QED) is 0.137. The first-order chi connectivity index (χ1) is 26.3. The molecule has 11 nitrogen and oxygen atoms in total. The average Bonchev–Trinajstić information content (AvgIpc) is 3.52. The second kappa shape index (κ2) is 16.9. The summed E-state index contributed by atoms with van der Waals surface area (Å²) in [4.78, 5) is 40.8. The zero-order valence-corrected chi connectivity index (χ0v) is 30.4. The Labute approximate surface area is 315 Å². The molecule has 7 rings (SSSR count). The fourth-order valence-electron chi connectivity index (χ4n) is 7.84. The van der Waals surface area contributed by atoms with Gasteiger partial charge in [0.15, 0.2) is 6.29 Å². The van der Waals surface area contributed by atoms with Crippen LogP contribution in [0.1, 0.15) is 73.2 Å². The van der Waals surface area contributed by atoms with E-state index in [4.69, 9.17) is 14.6 Å². The van der Waals surface area contributed by atoms with E-state index < -0.39 is 17.8 Å². The number of piperidine rings is 1. The lowest BCUT2D eigenvalue weighted by atomic mass is 9.85. The molecule has 2 amide bonds. The van der Waals surface area contributed by atoms with Crippen molar-refractivity contribution in [1.82, 2.24) is 15.5 Å². The standard InChI is InChI=1S/C43H48N4O7/c48-28-30-12-14-33(15-13-30)38-25-37(27-46-22-20-43(21-23-46)42(52)45-29-47(43)36-8-2-1-3-9-36)53-41(54-38)34-18-16-32(17-19-34)35-7-4-6-31(24-35)26-44-39(49)10-5-11-40(50)51/h1-4,6-9,12-19,24,37-38,41,48H,5,10-11,20-23,25-29H2,(H,44,49)(H,45,52)(H,50,51)/t37-,38+,41+/m0/s1. The number of aliphatic carboxylic acids is 1. The minimum Gasteiger partial charge on any atom is -0.481 e. The van der Waals surface area contributed by atoms with Gasteiger partial charge in [0, 0.05) is 56.7 Å². The molecule has 3 saturated heterocycles. The first-order valence-corrected chi connectivity index (χ1v) is 18.8. The lowest BCUT2D eigenvalue weighted by molar-refractivity contribution is -0.253. The summed E-state index contributed by atoms with van der Waals surface area (Å²) in [5, 5.41) is 24.4. The molecule has 11 heteroatoms. The number of nitrogens with one attached hydrogen (secondary N) is 2. The third-order valence-electron chi connectivity index (χ3n) is 10.9. The number of likely N-dealkylation sites (tertiary alicyclic amines) is 1. The number of hydrogen-bond acceptors (Lipinski definition) is 8. The summed E-state index contributed by atoms with van der Waals surface area (Å²) in [5.74, 6) is -0.967. The molecule has 3 fully saturated rings. The molecule has 3 aliphatic rings. The van der Waals surface area contributed by atoms with Gasteiger partial charge in [-0.3, -0.25) is 14.4 Å². The zero-order chi connectivity index (χ0) is 37.5. The van der Waals surface area contributed by atoms with Gasteiger partial charge in [-0.1, -0.05) is 84.9 Å². The van der Waals surface area contributed by atoms with Gasteiger partial charge in [-0.05, 0) is 65.3 Å². The number of carbonyl (C=O) groups excluding carboxylic acids is 2. The Morgan fingerprint density at radius 3 is 2.30 bits per heavy atom. The van der Waals surface area contributed by atoms with E-state index >= 15 is 0 Å². The first-order valence-electron chi connectivity index (χ1n) is 18.8. The maximum absolute atomic E-state index is 13.3. The molecule has 0 bridgehead atoms. The fourth-order valence-corrected chi connectivity index (χ4v) is 7.84. The van der Waals surface area contributed by atoms with Crippen LogP contribution in [0.2, 0.25) is 0 Å². The van der Waals surface area contributed by atoms with Gasteiger partial charge in [0.2, 0.25) is 11.8 Å². The van der Waals surface area contributed by atoms with Crippen molar-refractivity contribution in [3.8, 4) is 11.1 Å². The van der Waals surface area contributed by atoms with E-state index in [1.54, 1.807) is 0 Å². The molecule has 0 aliphatic carbocycles. The third-order valence-corrected chi connectivity index (χ3v) is 10.9. The number of carboxylic acid groups (broad SMARTS) is 1. The molecule has 54 heavy (non-hydrogen) atoms. The highest BCUT2D eigenvalue weighted by molar-refractivity contribution is 5.93. The summed E-state index contributed by atoms with van der Waals surface area (Å²) >= 11 is 0. The number of anilines is 1. The van der Waals surface area contributed by atoms with Crippen LogP contribution in [0.25, 0.3) is 11.1 Å². The number of ether oxygens (including phenoxy) is 2. The number of para-hydroxylation sites is 1. The van der Waals surface area contributed by atoms with E-state index in [-0.39, 0.29) is 43.5 Å². The summed E-state index contributed by atoms with van der Waals surface area (Å²) < 4.78 is 13.3. The largest absolute Gasteiger partial charge is 0.481 e. The second-order valence-corrected chi connectivity index (χ2v) is 14.5. The zero-order valence-electron chi connectivity index (χ0n) is 30.4. The molecular weight excluding hydrogens is 684 g/mol. The molecule has 3 atom stereocenters. The van der Waals surface area contributed by atoms with Crippen LogP contribution in [0, 0.1) is 0 Å². The first kappa shape index (κ1) is 37.3. The Morgan fingerprint density at radius 2 is 1.57 bits per heavy atom. The minimum atomic E-state index is -0.903. The molecule has 3 aliphatic heterocycles. The van der Waals surface area contributed by atoms with Crippen molar-refractivity contribution in [3.63, 3.8) is 0 Å². The fraction of sp³-hybridized carbons (Fsp3) is 0.372. The summed E-state index contributed by atoms with van der Waals surface area (Å²) in [6.07, 6.45) is 1.70. The topological polar surface area (TPSA) is 141 Å². The molecule has 0 aromatic heterocycles. The van der Waals surface area contributed by atoms with Crippen LogP contribution in [0.4, 0.5) is 5.69 Å². The van der Waals surface area contributed by atoms with Crippen molar-refractivity contribution < 1.29 is 34.1 Å². The Bertz CT molecular complexity index is 1900. The summed E-state index contributed by atoms with van der Waals surface area (Å²) in [6.45, 7) is 3.13. The van der Waals surface area contributed by atoms with Gasteiger partial charge in [-0.2, -0.15) is 0 Å². The third kappa shape index (κ3) is 8.66. The van der Waals surface area contributed by atoms with Gasteiger partial charge in [-0.25, -0.2) is 0 Å². The van der Waals surface area contributed by atoms with E-state index in [2.05, 4.69) is 44.7 Å². The van der Waals surface area contributed by atoms with Crippen LogP contribution >= 0.6 is 0 Å². The normalized spacial score (nSPS) is 21.2. The van der Waals surface area contributed by atoms with Gasteiger partial charge in [0.05, 0.1) is 25.5 Å². The highest BCUT2D eigenvalue weighted by atomic mass is 16.7. The van der Waals surface area contributed by atoms with Crippen LogP contribution in [-0.4, -0.2) is 70.8 Å². The van der Waals surface area contributed by atoms with Crippen LogP contribution in [-0.2, 0) is 37.0 Å². The molecule has 3 heterocycles. The van der Waals surface area contributed by atoms with E-state index in [0.29, 0.717) is 26.1 Å². The molecule has 0 saturated carbocycles. The van der Waals surface area contributed by atoms with Crippen molar-refractivity contribution >= 4 is 23.5 Å². The Morgan fingerprint density at radius 1 is 0.833 bits per heavy atom. The molecule has 4 aromatic rings. The molecule has 282 valence electrons. The maximum atomic E-state index is 13.3. The Hall–Kier alpha value is -5.07. The van der Waals surface area contributed by atoms with Crippen molar-refractivity contribution in [2.45, 2.75) is 75.7 Å². The number of benzene rings is 4. The summed E-state index contributed by atoms with van der Waals surface area (Å²) in [5.41, 5.74) is 6.27. The number of rotatable bonds is 13. The SMILES string of the molecule is O=C(O)CCCC(=O)NCc1cccc(-c2ccc([C@@H]3O[C@H](CN4CCC5(CC4)C(=O)NCN5c4ccccc4)C[C@H](c4ccc(CO)cc4)O3)cc2)c1. The van der Waals surface area contributed by atoms with Crippen LogP contribution in [0.5, 0.6) is 0 Å². The predicted octanol–water partition coefficient (Wildman–Crippen LogP) is 5.69. The maximum Gasteiger partial charge on any atom is 0.303 e. The lowest BCUT2D eigenvalue weighted by Crippen LogP contribution is -2.57. The van der Waals surface area contributed by atoms with Gasteiger partial charge in [-0.15, -0.1) is 0 Å². The van der Waals surface area contributed by atoms with Crippen LogP contribution in [0.3, 0.4) is 0 Å².